The molecule has 1 saturated carbocycles. The summed E-state index contributed by atoms with van der Waals surface area (Å²) in [4.78, 5) is 16.5. The Balaban J connectivity index is 1.46. The van der Waals surface area contributed by atoms with Crippen molar-refractivity contribution in [2.75, 3.05) is 5.32 Å². The normalized spacial score (nSPS) is 19.5. The number of ether oxygens (including phenoxy) is 1. The number of benzene rings is 2. The fourth-order valence-electron chi connectivity index (χ4n) is 3.69. The van der Waals surface area contributed by atoms with E-state index in [1.165, 1.54) is 0 Å². The van der Waals surface area contributed by atoms with Gasteiger partial charge >= 0.3 is 0 Å². The molecule has 8 heteroatoms. The zero-order valence-electron chi connectivity index (χ0n) is 15.6. The molecule has 0 saturated heterocycles. The van der Waals surface area contributed by atoms with Crippen molar-refractivity contribution in [1.82, 2.24) is 19.9 Å². The molecular formula is C21H20BrN5O2. The van der Waals surface area contributed by atoms with E-state index in [1.54, 1.807) is 12.5 Å². The lowest BCUT2D eigenvalue weighted by atomic mass is 9.95. The van der Waals surface area contributed by atoms with Gasteiger partial charge < -0.3 is 20.1 Å². The fraction of sp³-hybridized carbons (Fsp3) is 0.286. The lowest BCUT2D eigenvalue weighted by molar-refractivity contribution is 0.0669. The van der Waals surface area contributed by atoms with E-state index in [9.17, 15) is 5.11 Å². The highest BCUT2D eigenvalue weighted by atomic mass is 79.9. The minimum Gasteiger partial charge on any atom is -0.487 e. The van der Waals surface area contributed by atoms with Gasteiger partial charge in [0.05, 0.1) is 34.0 Å². The summed E-state index contributed by atoms with van der Waals surface area (Å²) < 4.78 is 7.17. The third-order valence-electron chi connectivity index (χ3n) is 5.26. The molecule has 1 aliphatic rings. The smallest absolute Gasteiger partial charge is 0.227 e. The van der Waals surface area contributed by atoms with Crippen molar-refractivity contribution in [3.8, 4) is 5.75 Å². The van der Waals surface area contributed by atoms with Crippen LogP contribution < -0.4 is 10.1 Å². The summed E-state index contributed by atoms with van der Waals surface area (Å²) in [5.74, 6) is 1.22. The van der Waals surface area contributed by atoms with Crippen LogP contribution in [0.2, 0.25) is 0 Å². The van der Waals surface area contributed by atoms with Crippen molar-refractivity contribution >= 4 is 49.5 Å². The monoisotopic (exact) mass is 453 g/mol. The van der Waals surface area contributed by atoms with Crippen molar-refractivity contribution in [3.63, 3.8) is 0 Å². The number of rotatable bonds is 4. The number of aromatic nitrogens is 4. The van der Waals surface area contributed by atoms with Crippen molar-refractivity contribution in [1.29, 1.82) is 0 Å². The summed E-state index contributed by atoms with van der Waals surface area (Å²) in [6, 6.07) is 9.79. The number of nitrogens with zero attached hydrogens (tertiary/aromatic N) is 3. The molecule has 0 atom stereocenters. The molecule has 7 nitrogen and oxygen atoms in total. The first-order valence-corrected chi connectivity index (χ1v) is 10.4. The van der Waals surface area contributed by atoms with Gasteiger partial charge in [-0.2, -0.15) is 0 Å². The average molecular weight is 454 g/mol. The van der Waals surface area contributed by atoms with Crippen LogP contribution in [0.25, 0.3) is 21.9 Å². The molecule has 0 aliphatic heterocycles. The summed E-state index contributed by atoms with van der Waals surface area (Å²) >= 11 is 3.60. The summed E-state index contributed by atoms with van der Waals surface area (Å²) in [6.07, 6.45) is 6.55. The first kappa shape index (κ1) is 18.3. The zero-order chi connectivity index (χ0) is 19.8. The van der Waals surface area contributed by atoms with E-state index in [-0.39, 0.29) is 12.2 Å². The molecule has 148 valence electrons. The maximum absolute atomic E-state index is 9.75. The maximum Gasteiger partial charge on any atom is 0.227 e. The highest BCUT2D eigenvalue weighted by Crippen LogP contribution is 2.36. The van der Waals surface area contributed by atoms with E-state index in [0.717, 1.165) is 63.5 Å². The van der Waals surface area contributed by atoms with E-state index in [0.29, 0.717) is 5.95 Å². The van der Waals surface area contributed by atoms with E-state index < -0.39 is 0 Å². The lowest BCUT2D eigenvalue weighted by Gasteiger charge is -2.27. The third-order valence-corrected chi connectivity index (χ3v) is 5.89. The Hall–Kier alpha value is -2.71. The van der Waals surface area contributed by atoms with Crippen LogP contribution in [-0.4, -0.2) is 37.3 Å². The van der Waals surface area contributed by atoms with Crippen LogP contribution >= 0.6 is 15.9 Å². The molecule has 3 N–H and O–H groups in total. The standard InChI is InChI=1S/C21H20BrN5O2/c22-16-7-1-12-10-23-21(26-13-2-8-17-18(9-13)25-11-24-17)27-19(12)20(16)29-15-5-3-14(28)4-6-15/h1-2,7-11,14-15,28H,3-6H2,(H,24,25)(H,23,26,27)/t14-,15+. The van der Waals surface area contributed by atoms with Crippen LogP contribution in [0.4, 0.5) is 11.6 Å². The van der Waals surface area contributed by atoms with Gasteiger partial charge in [-0.15, -0.1) is 0 Å². The predicted octanol–water partition coefficient (Wildman–Crippen LogP) is 4.69. The molecule has 0 amide bonds. The van der Waals surface area contributed by atoms with Crippen LogP contribution in [0.1, 0.15) is 25.7 Å². The summed E-state index contributed by atoms with van der Waals surface area (Å²) in [5, 5.41) is 13.9. The van der Waals surface area contributed by atoms with Crippen molar-refractivity contribution in [3.05, 3.63) is 47.3 Å². The quantitative estimate of drug-likeness (QED) is 0.414. The molecular weight excluding hydrogens is 434 g/mol. The molecule has 1 fully saturated rings. The second-order valence-electron chi connectivity index (χ2n) is 7.32. The highest BCUT2D eigenvalue weighted by Gasteiger charge is 2.23. The van der Waals surface area contributed by atoms with Gasteiger partial charge in [-0.25, -0.2) is 15.0 Å². The molecule has 2 aromatic heterocycles. The number of hydrogen-bond acceptors (Lipinski definition) is 6. The number of aromatic amines is 1. The minimum absolute atomic E-state index is 0.0782. The second-order valence-corrected chi connectivity index (χ2v) is 8.17. The Kier molecular flexibility index (Phi) is 4.81. The van der Waals surface area contributed by atoms with Gasteiger partial charge in [0.1, 0.15) is 5.52 Å². The third kappa shape index (κ3) is 3.77. The Morgan fingerprint density at radius 1 is 1.10 bits per heavy atom. The highest BCUT2D eigenvalue weighted by molar-refractivity contribution is 9.10. The van der Waals surface area contributed by atoms with Crippen LogP contribution in [0.3, 0.4) is 0 Å². The van der Waals surface area contributed by atoms with Gasteiger partial charge in [0.15, 0.2) is 5.75 Å². The molecule has 0 spiro atoms. The SMILES string of the molecule is O[C@H]1CC[C@@H](Oc2c(Br)ccc3cnc(Nc4ccc5nc[nH]c5c4)nc23)CC1. The molecule has 29 heavy (non-hydrogen) atoms. The van der Waals surface area contributed by atoms with Gasteiger partial charge in [-0.3, -0.25) is 0 Å². The van der Waals surface area contributed by atoms with Crippen molar-refractivity contribution < 1.29 is 9.84 Å². The number of H-pyrrole nitrogens is 1. The zero-order valence-corrected chi connectivity index (χ0v) is 17.2. The number of fused-ring (bicyclic) bond motifs is 2. The van der Waals surface area contributed by atoms with Gasteiger partial charge in [-0.05, 0) is 71.9 Å². The molecule has 0 radical (unpaired) electrons. The van der Waals surface area contributed by atoms with E-state index in [4.69, 9.17) is 9.72 Å². The molecule has 1 aliphatic carbocycles. The minimum atomic E-state index is -0.212. The van der Waals surface area contributed by atoms with Crippen LogP contribution in [0.5, 0.6) is 5.75 Å². The Morgan fingerprint density at radius 3 is 2.83 bits per heavy atom. The molecule has 0 unspecified atom stereocenters. The largest absolute Gasteiger partial charge is 0.487 e. The summed E-state index contributed by atoms with van der Waals surface area (Å²) in [6.45, 7) is 0. The molecule has 4 aromatic rings. The van der Waals surface area contributed by atoms with Gasteiger partial charge in [-0.1, -0.05) is 0 Å². The number of anilines is 2. The van der Waals surface area contributed by atoms with E-state index in [2.05, 4.69) is 36.2 Å². The van der Waals surface area contributed by atoms with E-state index in [1.807, 2.05) is 30.3 Å². The molecule has 2 aromatic carbocycles. The van der Waals surface area contributed by atoms with Crippen LogP contribution in [0, 0.1) is 0 Å². The number of imidazole rings is 1. The van der Waals surface area contributed by atoms with Crippen LogP contribution in [-0.2, 0) is 0 Å². The Morgan fingerprint density at radius 2 is 1.97 bits per heavy atom. The number of hydrogen-bond donors (Lipinski definition) is 3. The number of aliphatic hydroxyl groups excluding tert-OH is 1. The van der Waals surface area contributed by atoms with E-state index >= 15 is 0 Å². The first-order chi connectivity index (χ1) is 14.2. The Labute approximate surface area is 175 Å². The second kappa shape index (κ2) is 7.61. The van der Waals surface area contributed by atoms with Gasteiger partial charge in [0, 0.05) is 17.3 Å². The summed E-state index contributed by atoms with van der Waals surface area (Å²) in [5.41, 5.74) is 3.49. The first-order valence-electron chi connectivity index (χ1n) is 9.66. The maximum atomic E-state index is 9.75. The van der Waals surface area contributed by atoms with Crippen molar-refractivity contribution in [2.24, 2.45) is 0 Å². The number of aliphatic hydroxyl groups is 1. The molecule has 2 heterocycles. The average Bonchev–Trinajstić information content (AvgIpc) is 3.20. The van der Waals surface area contributed by atoms with Gasteiger partial charge in [0.2, 0.25) is 5.95 Å². The number of halogens is 1. The molecule has 5 rings (SSSR count). The fourth-order valence-corrected chi connectivity index (χ4v) is 4.10. The number of nitrogens with one attached hydrogen (secondary N) is 2. The lowest BCUT2D eigenvalue weighted by Crippen LogP contribution is -2.26. The predicted molar refractivity (Wildman–Crippen MR) is 116 cm³/mol. The Bertz CT molecular complexity index is 1170. The van der Waals surface area contributed by atoms with Gasteiger partial charge in [0.25, 0.3) is 0 Å². The summed E-state index contributed by atoms with van der Waals surface area (Å²) in [7, 11) is 0. The van der Waals surface area contributed by atoms with Crippen LogP contribution in [0.15, 0.2) is 47.3 Å². The van der Waals surface area contributed by atoms with Crippen molar-refractivity contribution in [2.45, 2.75) is 37.9 Å². The topological polar surface area (TPSA) is 96.0 Å². The molecule has 0 bridgehead atoms.